The lowest BCUT2D eigenvalue weighted by molar-refractivity contribution is -0.130. The summed E-state index contributed by atoms with van der Waals surface area (Å²) in [6.07, 6.45) is 0. The second-order valence-corrected chi connectivity index (χ2v) is 6.17. The zero-order valence-corrected chi connectivity index (χ0v) is 13.3. The Labute approximate surface area is 142 Å². The van der Waals surface area contributed by atoms with Crippen LogP contribution in [0, 0.1) is 11.3 Å². The van der Waals surface area contributed by atoms with Gasteiger partial charge in [-0.2, -0.15) is 5.26 Å². The molecule has 2 aromatic rings. The van der Waals surface area contributed by atoms with Gasteiger partial charge in [0.1, 0.15) is 11.6 Å². The number of carbonyl (C=O) groups excluding carboxylic acids is 1. The zero-order valence-electron chi connectivity index (χ0n) is 12.5. The molecule has 0 bridgehead atoms. The van der Waals surface area contributed by atoms with E-state index in [4.69, 9.17) is 10.00 Å². The van der Waals surface area contributed by atoms with Crippen LogP contribution in [0.3, 0.4) is 0 Å². The van der Waals surface area contributed by atoms with Crippen LogP contribution >= 0.6 is 11.8 Å². The van der Waals surface area contributed by atoms with Gasteiger partial charge in [0.05, 0.1) is 11.8 Å². The molecule has 0 amide bonds. The first-order valence-electron chi connectivity index (χ1n) is 7.30. The second-order valence-electron chi connectivity index (χ2n) is 5.14. The van der Waals surface area contributed by atoms with Crippen molar-refractivity contribution in [1.82, 2.24) is 0 Å². The van der Waals surface area contributed by atoms with E-state index in [0.717, 1.165) is 16.1 Å². The van der Waals surface area contributed by atoms with Crippen molar-refractivity contribution in [2.45, 2.75) is 4.90 Å². The summed E-state index contributed by atoms with van der Waals surface area (Å²) in [6, 6.07) is 19.1. The van der Waals surface area contributed by atoms with E-state index in [1.165, 1.54) is 11.8 Å². The highest BCUT2D eigenvalue weighted by Crippen LogP contribution is 2.47. The van der Waals surface area contributed by atoms with E-state index in [9.17, 15) is 4.79 Å². The molecule has 0 aromatic heterocycles. The van der Waals surface area contributed by atoms with E-state index in [-0.39, 0.29) is 18.1 Å². The number of aliphatic imine (C=N–C) groups is 1. The maximum Gasteiger partial charge on any atom is 0.366 e. The van der Waals surface area contributed by atoms with Crippen LogP contribution in [0.2, 0.25) is 0 Å². The Morgan fingerprint density at radius 2 is 1.88 bits per heavy atom. The second kappa shape index (κ2) is 5.87. The summed E-state index contributed by atoms with van der Waals surface area (Å²) < 4.78 is 5.33. The minimum atomic E-state index is -0.493. The lowest BCUT2D eigenvalue weighted by atomic mass is 10.2. The number of thioether (sulfide) groups is 1. The first-order valence-corrected chi connectivity index (χ1v) is 8.11. The molecule has 0 N–H and O–H groups in total. The SMILES string of the molecule is N#CCN1C(=C2N=C(c3ccccc3)OC2=O)Sc2ccccc21. The van der Waals surface area contributed by atoms with Gasteiger partial charge in [0.15, 0.2) is 5.70 Å². The summed E-state index contributed by atoms with van der Waals surface area (Å²) >= 11 is 1.43. The van der Waals surface area contributed by atoms with Crippen molar-refractivity contribution < 1.29 is 9.53 Å². The van der Waals surface area contributed by atoms with Crippen LogP contribution < -0.4 is 4.90 Å². The van der Waals surface area contributed by atoms with Crippen LogP contribution in [0.4, 0.5) is 5.69 Å². The third-order valence-corrected chi connectivity index (χ3v) is 4.83. The lowest BCUT2D eigenvalue weighted by Gasteiger charge is -2.16. The average molecular weight is 333 g/mol. The smallest absolute Gasteiger partial charge is 0.366 e. The van der Waals surface area contributed by atoms with Gasteiger partial charge in [0, 0.05) is 10.5 Å². The van der Waals surface area contributed by atoms with E-state index in [0.29, 0.717) is 5.03 Å². The number of rotatable bonds is 2. The molecule has 0 unspecified atom stereocenters. The Morgan fingerprint density at radius 3 is 2.67 bits per heavy atom. The van der Waals surface area contributed by atoms with Gasteiger partial charge in [-0.3, -0.25) is 0 Å². The van der Waals surface area contributed by atoms with Crippen molar-refractivity contribution in [3.8, 4) is 6.07 Å². The van der Waals surface area contributed by atoms with Gasteiger partial charge in [-0.1, -0.05) is 42.1 Å². The fraction of sp³-hybridized carbons (Fsp3) is 0.0556. The number of fused-ring (bicyclic) bond motifs is 1. The number of carbonyl (C=O) groups is 1. The van der Waals surface area contributed by atoms with Crippen molar-refractivity contribution in [3.05, 3.63) is 70.9 Å². The Balaban J connectivity index is 1.80. The predicted octanol–water partition coefficient (Wildman–Crippen LogP) is 3.29. The number of hydrogen-bond acceptors (Lipinski definition) is 6. The molecule has 0 spiro atoms. The van der Waals surface area contributed by atoms with Gasteiger partial charge in [0.25, 0.3) is 0 Å². The molecule has 0 fully saturated rings. The number of hydrogen-bond donors (Lipinski definition) is 0. The van der Waals surface area contributed by atoms with Crippen molar-refractivity contribution in [1.29, 1.82) is 5.26 Å². The van der Waals surface area contributed by atoms with E-state index in [1.807, 2.05) is 54.6 Å². The minimum Gasteiger partial charge on any atom is -0.402 e. The molecule has 0 saturated carbocycles. The third kappa shape index (κ3) is 2.36. The quantitative estimate of drug-likeness (QED) is 0.479. The molecule has 5 nitrogen and oxygen atoms in total. The fourth-order valence-electron chi connectivity index (χ4n) is 2.58. The average Bonchev–Trinajstić information content (AvgIpc) is 3.17. The highest BCUT2D eigenvalue weighted by atomic mass is 32.2. The number of benzene rings is 2. The number of para-hydroxylation sites is 1. The monoisotopic (exact) mass is 333 g/mol. The molecule has 0 saturated heterocycles. The van der Waals surface area contributed by atoms with Gasteiger partial charge in [-0.05, 0) is 24.3 Å². The first kappa shape index (κ1) is 14.5. The van der Waals surface area contributed by atoms with Gasteiger partial charge in [-0.15, -0.1) is 0 Å². The Hall–Kier alpha value is -3.04. The normalized spacial score (nSPS) is 18.9. The van der Waals surface area contributed by atoms with Crippen LogP contribution in [0.1, 0.15) is 5.56 Å². The van der Waals surface area contributed by atoms with Crippen LogP contribution in [0.15, 0.2) is 75.2 Å². The zero-order chi connectivity index (χ0) is 16.5. The molecule has 2 aromatic carbocycles. The Bertz CT molecular complexity index is 929. The lowest BCUT2D eigenvalue weighted by Crippen LogP contribution is -2.20. The number of ether oxygens (including phenoxy) is 1. The first-order chi connectivity index (χ1) is 11.8. The molecule has 0 atom stereocenters. The number of anilines is 1. The van der Waals surface area contributed by atoms with Gasteiger partial charge in [0.2, 0.25) is 5.90 Å². The minimum absolute atomic E-state index is 0.145. The van der Waals surface area contributed by atoms with E-state index >= 15 is 0 Å². The fourth-order valence-corrected chi connectivity index (χ4v) is 3.72. The standard InChI is InChI=1S/C18H11N3O2S/c19-10-11-21-13-8-4-5-9-14(13)24-17(21)15-18(22)23-16(20-15)12-6-2-1-3-7-12/h1-9H,11H2. The Morgan fingerprint density at radius 1 is 1.12 bits per heavy atom. The molecule has 0 radical (unpaired) electrons. The van der Waals surface area contributed by atoms with Crippen molar-refractivity contribution in [2.75, 3.05) is 11.4 Å². The van der Waals surface area contributed by atoms with E-state index in [2.05, 4.69) is 11.1 Å². The van der Waals surface area contributed by atoms with E-state index < -0.39 is 5.97 Å². The van der Waals surface area contributed by atoms with Gasteiger partial charge >= 0.3 is 5.97 Å². The number of esters is 1. The summed E-state index contributed by atoms with van der Waals surface area (Å²) in [4.78, 5) is 19.5. The van der Waals surface area contributed by atoms with Crippen molar-refractivity contribution >= 4 is 29.3 Å². The highest BCUT2D eigenvalue weighted by molar-refractivity contribution is 8.03. The Kier molecular flexibility index (Phi) is 3.56. The highest BCUT2D eigenvalue weighted by Gasteiger charge is 2.34. The maximum atomic E-state index is 12.3. The molecule has 2 heterocycles. The maximum absolute atomic E-state index is 12.3. The predicted molar refractivity (Wildman–Crippen MR) is 91.4 cm³/mol. The molecule has 116 valence electrons. The molecule has 4 rings (SSSR count). The number of cyclic esters (lactones) is 1. The summed E-state index contributed by atoms with van der Waals surface area (Å²) in [5.41, 5.74) is 1.89. The van der Waals surface area contributed by atoms with Gasteiger partial charge < -0.3 is 9.64 Å². The number of nitriles is 1. The topological polar surface area (TPSA) is 65.7 Å². The molecular weight excluding hydrogens is 322 g/mol. The summed E-state index contributed by atoms with van der Waals surface area (Å²) in [5.74, 6) is -0.205. The number of nitrogens with zero attached hydrogens (tertiary/aromatic N) is 3. The molecule has 6 heteroatoms. The molecule has 0 aliphatic carbocycles. The van der Waals surface area contributed by atoms with Crippen LogP contribution in [-0.4, -0.2) is 18.4 Å². The van der Waals surface area contributed by atoms with Crippen LogP contribution in [-0.2, 0) is 9.53 Å². The van der Waals surface area contributed by atoms with Gasteiger partial charge in [-0.25, -0.2) is 9.79 Å². The van der Waals surface area contributed by atoms with Crippen LogP contribution in [0.25, 0.3) is 0 Å². The van der Waals surface area contributed by atoms with Crippen molar-refractivity contribution in [3.63, 3.8) is 0 Å². The summed E-state index contributed by atoms with van der Waals surface area (Å²) in [6.45, 7) is 0.145. The largest absolute Gasteiger partial charge is 0.402 e. The summed E-state index contributed by atoms with van der Waals surface area (Å²) in [7, 11) is 0. The molecule has 2 aliphatic heterocycles. The van der Waals surface area contributed by atoms with Crippen LogP contribution in [0.5, 0.6) is 0 Å². The van der Waals surface area contributed by atoms with Crippen molar-refractivity contribution in [2.24, 2.45) is 4.99 Å². The van der Waals surface area contributed by atoms with E-state index in [1.54, 1.807) is 4.90 Å². The summed E-state index contributed by atoms with van der Waals surface area (Å²) in [5, 5.41) is 9.77. The molecule has 24 heavy (non-hydrogen) atoms. The third-order valence-electron chi connectivity index (χ3n) is 3.66. The molecule has 2 aliphatic rings. The molecular formula is C18H11N3O2S.